The number of benzene rings is 1. The van der Waals surface area contributed by atoms with Gasteiger partial charge in [0.1, 0.15) is 0 Å². The van der Waals surface area contributed by atoms with Crippen LogP contribution in [0.5, 0.6) is 0 Å². The molecule has 0 unspecified atom stereocenters. The lowest BCUT2D eigenvalue weighted by atomic mass is 9.67. The highest BCUT2D eigenvalue weighted by molar-refractivity contribution is 5.53. The summed E-state index contributed by atoms with van der Waals surface area (Å²) in [6.07, 6.45) is -0.322. The molecule has 2 nitrogen and oxygen atoms in total. The van der Waals surface area contributed by atoms with Gasteiger partial charge in [-0.1, -0.05) is 33.8 Å². The van der Waals surface area contributed by atoms with Crippen LogP contribution < -0.4 is 0 Å². The first kappa shape index (κ1) is 13.6. The van der Waals surface area contributed by atoms with Crippen molar-refractivity contribution in [3.63, 3.8) is 0 Å². The Bertz CT molecular complexity index is 496. The van der Waals surface area contributed by atoms with Crippen LogP contribution in [0.3, 0.4) is 0 Å². The predicted molar refractivity (Wildman–Crippen MR) is 73.6 cm³/mol. The normalized spacial score (nSPS) is 20.3. The molecule has 0 aliphatic heterocycles. The van der Waals surface area contributed by atoms with E-state index in [-0.39, 0.29) is 10.8 Å². The molecule has 100 valence electrons. The van der Waals surface area contributed by atoms with Gasteiger partial charge in [-0.15, -0.1) is 0 Å². The zero-order valence-corrected chi connectivity index (χ0v) is 12.3. The van der Waals surface area contributed by atoms with Crippen LogP contribution in [0.1, 0.15) is 61.8 Å². The van der Waals surface area contributed by atoms with Crippen LogP contribution in [-0.2, 0) is 11.8 Å². The monoisotopic (exact) mass is 248 g/mol. The van der Waals surface area contributed by atoms with E-state index in [1.807, 2.05) is 13.0 Å². The van der Waals surface area contributed by atoms with E-state index < -0.39 is 6.29 Å². The van der Waals surface area contributed by atoms with E-state index in [9.17, 15) is 10.2 Å². The van der Waals surface area contributed by atoms with E-state index in [1.54, 1.807) is 0 Å². The summed E-state index contributed by atoms with van der Waals surface area (Å²) >= 11 is 0. The fourth-order valence-electron chi connectivity index (χ4n) is 3.34. The number of aliphatic hydroxyl groups excluding tert-OH is 1. The number of hydrogen-bond acceptors (Lipinski definition) is 2. The molecule has 0 saturated heterocycles. The van der Waals surface area contributed by atoms with E-state index in [0.29, 0.717) is 5.56 Å². The number of fused-ring (bicyclic) bond motifs is 1. The summed E-state index contributed by atoms with van der Waals surface area (Å²) in [7, 11) is 0. The van der Waals surface area contributed by atoms with Gasteiger partial charge in [0.05, 0.1) is 0 Å². The molecule has 0 atom stereocenters. The predicted octanol–water partition coefficient (Wildman–Crippen LogP) is 3.15. The van der Waals surface area contributed by atoms with Crippen molar-refractivity contribution in [1.82, 2.24) is 0 Å². The minimum atomic E-state index is -1.38. The standard InChI is InChI=1S/C16H24O2/c1-9-7-11(14(17)18)10(2)13-12(9)8-15(3,4)16(13,5)6/h7,14,17-18H,8H2,1-6H3. The first-order valence-corrected chi connectivity index (χ1v) is 6.59. The van der Waals surface area contributed by atoms with Crippen LogP contribution in [0.4, 0.5) is 0 Å². The number of aryl methyl sites for hydroxylation is 1. The fourth-order valence-corrected chi connectivity index (χ4v) is 3.34. The van der Waals surface area contributed by atoms with Crippen LogP contribution in [0.2, 0.25) is 0 Å². The van der Waals surface area contributed by atoms with E-state index in [4.69, 9.17) is 0 Å². The molecule has 18 heavy (non-hydrogen) atoms. The quantitative estimate of drug-likeness (QED) is 0.750. The van der Waals surface area contributed by atoms with Gasteiger partial charge in [0.15, 0.2) is 6.29 Å². The van der Waals surface area contributed by atoms with Crippen molar-refractivity contribution in [2.24, 2.45) is 5.41 Å². The summed E-state index contributed by atoms with van der Waals surface area (Å²) in [5.74, 6) is 0. The smallest absolute Gasteiger partial charge is 0.178 e. The van der Waals surface area contributed by atoms with Gasteiger partial charge >= 0.3 is 0 Å². The van der Waals surface area contributed by atoms with Gasteiger partial charge in [0.25, 0.3) is 0 Å². The molecule has 0 amide bonds. The van der Waals surface area contributed by atoms with Crippen molar-refractivity contribution < 1.29 is 10.2 Å². The Labute approximate surface area is 110 Å². The fraction of sp³-hybridized carbons (Fsp3) is 0.625. The average molecular weight is 248 g/mol. The number of rotatable bonds is 1. The lowest BCUT2D eigenvalue weighted by Crippen LogP contribution is -2.32. The summed E-state index contributed by atoms with van der Waals surface area (Å²) in [5, 5.41) is 19.0. The first-order chi connectivity index (χ1) is 8.09. The molecule has 2 heteroatoms. The van der Waals surface area contributed by atoms with Crippen molar-refractivity contribution in [2.45, 2.75) is 59.7 Å². The molecule has 1 aliphatic carbocycles. The lowest BCUT2D eigenvalue weighted by Gasteiger charge is -2.36. The Balaban J connectivity index is 2.77. The van der Waals surface area contributed by atoms with Gasteiger partial charge in [-0.2, -0.15) is 0 Å². The van der Waals surface area contributed by atoms with Crippen molar-refractivity contribution >= 4 is 0 Å². The zero-order valence-electron chi connectivity index (χ0n) is 12.3. The van der Waals surface area contributed by atoms with Crippen LogP contribution in [0, 0.1) is 19.3 Å². The van der Waals surface area contributed by atoms with Gasteiger partial charge in [-0.3, -0.25) is 0 Å². The molecular formula is C16H24O2. The Kier molecular flexibility index (Phi) is 2.88. The molecule has 1 aromatic rings. The molecular weight excluding hydrogens is 224 g/mol. The second kappa shape index (κ2) is 3.82. The molecule has 0 aromatic heterocycles. The third-order valence-electron chi connectivity index (χ3n) is 5.17. The minimum Gasteiger partial charge on any atom is -0.364 e. The molecule has 2 rings (SSSR count). The Morgan fingerprint density at radius 2 is 1.67 bits per heavy atom. The third kappa shape index (κ3) is 1.63. The second-order valence-corrected chi connectivity index (χ2v) is 6.82. The van der Waals surface area contributed by atoms with Gasteiger partial charge < -0.3 is 10.2 Å². The van der Waals surface area contributed by atoms with Crippen LogP contribution in [0.25, 0.3) is 0 Å². The molecule has 1 aromatic carbocycles. The number of hydrogen-bond donors (Lipinski definition) is 2. The van der Waals surface area contributed by atoms with Crippen molar-refractivity contribution in [1.29, 1.82) is 0 Å². The maximum Gasteiger partial charge on any atom is 0.178 e. The average Bonchev–Trinajstić information content (AvgIpc) is 2.40. The maximum atomic E-state index is 9.52. The molecule has 2 N–H and O–H groups in total. The minimum absolute atomic E-state index is 0.0576. The molecule has 0 fully saturated rings. The van der Waals surface area contributed by atoms with E-state index >= 15 is 0 Å². The van der Waals surface area contributed by atoms with Gasteiger partial charge in [-0.05, 0) is 53.4 Å². The van der Waals surface area contributed by atoms with Crippen LogP contribution in [-0.4, -0.2) is 10.2 Å². The molecule has 0 radical (unpaired) electrons. The van der Waals surface area contributed by atoms with Crippen LogP contribution >= 0.6 is 0 Å². The Hall–Kier alpha value is -0.860. The summed E-state index contributed by atoms with van der Waals surface area (Å²) in [6, 6.07) is 1.93. The van der Waals surface area contributed by atoms with E-state index in [2.05, 4.69) is 34.6 Å². The zero-order chi connectivity index (χ0) is 13.9. The topological polar surface area (TPSA) is 40.5 Å². The summed E-state index contributed by atoms with van der Waals surface area (Å²) in [5.41, 5.74) is 5.84. The molecule has 0 heterocycles. The summed E-state index contributed by atoms with van der Waals surface area (Å²) < 4.78 is 0. The van der Waals surface area contributed by atoms with Gasteiger partial charge in [0.2, 0.25) is 0 Å². The highest BCUT2D eigenvalue weighted by Gasteiger charge is 2.47. The van der Waals surface area contributed by atoms with E-state index in [0.717, 1.165) is 12.0 Å². The highest BCUT2D eigenvalue weighted by Crippen LogP contribution is 2.53. The highest BCUT2D eigenvalue weighted by atomic mass is 16.5. The Morgan fingerprint density at radius 1 is 1.11 bits per heavy atom. The van der Waals surface area contributed by atoms with E-state index in [1.165, 1.54) is 16.7 Å². The molecule has 0 saturated carbocycles. The third-order valence-corrected chi connectivity index (χ3v) is 5.17. The SMILES string of the molecule is Cc1cc(C(O)O)c(C)c2c1CC(C)(C)C2(C)C. The summed E-state index contributed by atoms with van der Waals surface area (Å²) in [4.78, 5) is 0. The largest absolute Gasteiger partial charge is 0.364 e. The van der Waals surface area contributed by atoms with Gasteiger partial charge in [0, 0.05) is 5.56 Å². The van der Waals surface area contributed by atoms with Crippen LogP contribution in [0.15, 0.2) is 6.07 Å². The van der Waals surface area contributed by atoms with Crippen molar-refractivity contribution in [3.05, 3.63) is 33.9 Å². The first-order valence-electron chi connectivity index (χ1n) is 6.59. The molecule has 1 aliphatic rings. The van der Waals surface area contributed by atoms with Crippen molar-refractivity contribution in [2.75, 3.05) is 0 Å². The Morgan fingerprint density at radius 3 is 2.17 bits per heavy atom. The number of aliphatic hydroxyl groups is 2. The van der Waals surface area contributed by atoms with Crippen molar-refractivity contribution in [3.8, 4) is 0 Å². The molecule has 0 bridgehead atoms. The second-order valence-electron chi connectivity index (χ2n) is 6.82. The lowest BCUT2D eigenvalue weighted by molar-refractivity contribution is -0.0430. The summed E-state index contributed by atoms with van der Waals surface area (Å²) in [6.45, 7) is 13.2. The maximum absolute atomic E-state index is 9.52. The van der Waals surface area contributed by atoms with Gasteiger partial charge in [-0.25, -0.2) is 0 Å². The molecule has 0 spiro atoms.